The predicted molar refractivity (Wildman–Crippen MR) is 109 cm³/mol. The first kappa shape index (κ1) is 18.3. The standard InChI is InChI=1S/C22H22N4O/c1-26(2)19-9-7-16(8-10-19)13-18(14-23)22(27)24-12-11-17-15-25-21-6-4-3-5-20(17)21/h3-10,13,15,25H,11-12H2,1-2H3,(H,24,27)/b18-13+. The van der Waals surface area contributed by atoms with E-state index in [4.69, 9.17) is 0 Å². The number of hydrogen-bond donors (Lipinski definition) is 2. The molecule has 27 heavy (non-hydrogen) atoms. The molecule has 0 spiro atoms. The summed E-state index contributed by atoms with van der Waals surface area (Å²) >= 11 is 0. The molecule has 0 radical (unpaired) electrons. The van der Waals surface area contributed by atoms with E-state index in [1.807, 2.05) is 73.7 Å². The molecule has 1 heterocycles. The predicted octanol–water partition coefficient (Wildman–Crippen LogP) is 3.50. The van der Waals surface area contributed by atoms with Crippen molar-refractivity contribution in [1.82, 2.24) is 10.3 Å². The van der Waals surface area contributed by atoms with Gasteiger partial charge in [-0.05, 0) is 41.8 Å². The number of hydrogen-bond acceptors (Lipinski definition) is 3. The number of nitriles is 1. The van der Waals surface area contributed by atoms with Gasteiger partial charge in [-0.25, -0.2) is 0 Å². The first-order chi connectivity index (χ1) is 13.1. The third-order valence-electron chi connectivity index (χ3n) is 4.44. The summed E-state index contributed by atoms with van der Waals surface area (Å²) in [6.07, 6.45) is 4.27. The molecule has 5 heteroatoms. The minimum absolute atomic E-state index is 0.103. The van der Waals surface area contributed by atoms with Crippen LogP contribution in [0.4, 0.5) is 5.69 Å². The highest BCUT2D eigenvalue weighted by Gasteiger charge is 2.09. The zero-order chi connectivity index (χ0) is 19.2. The van der Waals surface area contributed by atoms with Crippen LogP contribution in [0.15, 0.2) is 60.3 Å². The molecular formula is C22H22N4O. The lowest BCUT2D eigenvalue weighted by Gasteiger charge is -2.11. The number of para-hydroxylation sites is 1. The first-order valence-electron chi connectivity index (χ1n) is 8.81. The Bertz CT molecular complexity index is 1010. The lowest BCUT2D eigenvalue weighted by Crippen LogP contribution is -2.26. The van der Waals surface area contributed by atoms with E-state index in [9.17, 15) is 10.1 Å². The molecule has 5 nitrogen and oxygen atoms in total. The van der Waals surface area contributed by atoms with Gasteiger partial charge in [0.25, 0.3) is 5.91 Å². The van der Waals surface area contributed by atoms with E-state index in [1.165, 1.54) is 0 Å². The zero-order valence-electron chi connectivity index (χ0n) is 15.5. The van der Waals surface area contributed by atoms with Gasteiger partial charge >= 0.3 is 0 Å². The number of benzene rings is 2. The molecular weight excluding hydrogens is 336 g/mol. The van der Waals surface area contributed by atoms with Crippen molar-refractivity contribution in [1.29, 1.82) is 5.26 Å². The van der Waals surface area contributed by atoms with E-state index >= 15 is 0 Å². The van der Waals surface area contributed by atoms with Gasteiger partial charge in [0.2, 0.25) is 0 Å². The SMILES string of the molecule is CN(C)c1ccc(/C=C(\C#N)C(=O)NCCc2c[nH]c3ccccc23)cc1. The van der Waals surface area contributed by atoms with Gasteiger partial charge in [0, 0.05) is 43.4 Å². The van der Waals surface area contributed by atoms with Crippen LogP contribution in [0, 0.1) is 11.3 Å². The van der Waals surface area contributed by atoms with E-state index in [-0.39, 0.29) is 11.5 Å². The van der Waals surface area contributed by atoms with Crippen molar-refractivity contribution in [2.45, 2.75) is 6.42 Å². The van der Waals surface area contributed by atoms with Gasteiger partial charge in [0.05, 0.1) is 0 Å². The quantitative estimate of drug-likeness (QED) is 0.523. The van der Waals surface area contributed by atoms with Gasteiger partial charge in [-0.3, -0.25) is 4.79 Å². The largest absolute Gasteiger partial charge is 0.378 e. The van der Waals surface area contributed by atoms with Crippen LogP contribution in [-0.4, -0.2) is 31.5 Å². The highest BCUT2D eigenvalue weighted by molar-refractivity contribution is 6.01. The number of carbonyl (C=O) groups excluding carboxylic acids is 1. The summed E-state index contributed by atoms with van der Waals surface area (Å²) in [7, 11) is 3.93. The second-order valence-corrected chi connectivity index (χ2v) is 6.52. The third kappa shape index (κ3) is 4.36. The summed E-state index contributed by atoms with van der Waals surface area (Å²) in [5, 5.41) is 13.3. The number of carbonyl (C=O) groups is 1. The number of aromatic nitrogens is 1. The van der Waals surface area contributed by atoms with Crippen molar-refractivity contribution >= 4 is 28.6 Å². The third-order valence-corrected chi connectivity index (χ3v) is 4.44. The van der Waals surface area contributed by atoms with E-state index < -0.39 is 0 Å². The number of anilines is 1. The Kier molecular flexibility index (Phi) is 5.58. The van der Waals surface area contributed by atoms with Crippen LogP contribution in [-0.2, 0) is 11.2 Å². The van der Waals surface area contributed by atoms with Gasteiger partial charge in [-0.15, -0.1) is 0 Å². The zero-order valence-corrected chi connectivity index (χ0v) is 15.5. The highest BCUT2D eigenvalue weighted by Crippen LogP contribution is 2.18. The molecule has 0 aliphatic rings. The number of H-pyrrole nitrogens is 1. The molecule has 3 rings (SSSR count). The molecule has 1 aromatic heterocycles. The fourth-order valence-electron chi connectivity index (χ4n) is 2.93. The van der Waals surface area contributed by atoms with Crippen LogP contribution in [0.2, 0.25) is 0 Å². The Hall–Kier alpha value is -3.52. The van der Waals surface area contributed by atoms with E-state index in [0.717, 1.165) is 27.7 Å². The maximum atomic E-state index is 12.3. The van der Waals surface area contributed by atoms with Gasteiger partial charge in [-0.2, -0.15) is 5.26 Å². The second kappa shape index (κ2) is 8.24. The van der Waals surface area contributed by atoms with Crippen molar-refractivity contribution in [2.75, 3.05) is 25.5 Å². The number of fused-ring (bicyclic) bond motifs is 1. The van der Waals surface area contributed by atoms with Crippen molar-refractivity contribution < 1.29 is 4.79 Å². The Labute approximate surface area is 158 Å². The average Bonchev–Trinajstić information content (AvgIpc) is 3.09. The normalized spacial score (nSPS) is 11.2. The molecule has 0 saturated carbocycles. The van der Waals surface area contributed by atoms with Crippen LogP contribution >= 0.6 is 0 Å². The smallest absolute Gasteiger partial charge is 0.261 e. The minimum Gasteiger partial charge on any atom is -0.378 e. The van der Waals surface area contributed by atoms with Gasteiger partial charge in [0.15, 0.2) is 0 Å². The first-order valence-corrected chi connectivity index (χ1v) is 8.81. The second-order valence-electron chi connectivity index (χ2n) is 6.52. The maximum Gasteiger partial charge on any atom is 0.261 e. The van der Waals surface area contributed by atoms with Gasteiger partial charge < -0.3 is 15.2 Å². The van der Waals surface area contributed by atoms with Crippen molar-refractivity contribution in [3.63, 3.8) is 0 Å². The van der Waals surface area contributed by atoms with E-state index in [1.54, 1.807) is 6.08 Å². The molecule has 0 atom stereocenters. The van der Waals surface area contributed by atoms with Crippen LogP contribution in [0.5, 0.6) is 0 Å². The Morgan fingerprint density at radius 1 is 1.19 bits per heavy atom. The molecule has 0 fully saturated rings. The van der Waals surface area contributed by atoms with E-state index in [2.05, 4.69) is 16.4 Å². The van der Waals surface area contributed by atoms with Crippen molar-refractivity contribution in [3.05, 3.63) is 71.4 Å². The minimum atomic E-state index is -0.353. The average molecular weight is 358 g/mol. The number of rotatable bonds is 6. The van der Waals surface area contributed by atoms with E-state index in [0.29, 0.717) is 13.0 Å². The summed E-state index contributed by atoms with van der Waals surface area (Å²) in [5.41, 5.74) is 4.22. The fraction of sp³-hybridized carbons (Fsp3) is 0.182. The Balaban J connectivity index is 1.62. The molecule has 3 aromatic rings. The van der Waals surface area contributed by atoms with Crippen molar-refractivity contribution in [3.8, 4) is 6.07 Å². The lowest BCUT2D eigenvalue weighted by atomic mass is 10.1. The topological polar surface area (TPSA) is 71.9 Å². The fourth-order valence-corrected chi connectivity index (χ4v) is 2.93. The molecule has 2 N–H and O–H groups in total. The summed E-state index contributed by atoms with van der Waals surface area (Å²) in [4.78, 5) is 17.5. The van der Waals surface area contributed by atoms with Crippen LogP contribution < -0.4 is 10.2 Å². The monoisotopic (exact) mass is 358 g/mol. The summed E-state index contributed by atoms with van der Waals surface area (Å²) in [5.74, 6) is -0.353. The molecule has 2 aromatic carbocycles. The number of aromatic amines is 1. The summed E-state index contributed by atoms with van der Waals surface area (Å²) in [6.45, 7) is 0.471. The number of amides is 1. The number of nitrogens with zero attached hydrogens (tertiary/aromatic N) is 2. The van der Waals surface area contributed by atoms with Gasteiger partial charge in [0.1, 0.15) is 11.6 Å². The number of nitrogens with one attached hydrogen (secondary N) is 2. The highest BCUT2D eigenvalue weighted by atomic mass is 16.1. The lowest BCUT2D eigenvalue weighted by molar-refractivity contribution is -0.117. The maximum absolute atomic E-state index is 12.3. The van der Waals surface area contributed by atoms with Crippen LogP contribution in [0.25, 0.3) is 17.0 Å². The van der Waals surface area contributed by atoms with Crippen LogP contribution in [0.3, 0.4) is 0 Å². The molecule has 0 aliphatic carbocycles. The van der Waals surface area contributed by atoms with Gasteiger partial charge in [-0.1, -0.05) is 30.3 Å². The molecule has 0 aliphatic heterocycles. The summed E-state index contributed by atoms with van der Waals surface area (Å²) in [6, 6.07) is 17.8. The summed E-state index contributed by atoms with van der Waals surface area (Å²) < 4.78 is 0. The van der Waals surface area contributed by atoms with Crippen LogP contribution in [0.1, 0.15) is 11.1 Å². The Morgan fingerprint density at radius 2 is 1.93 bits per heavy atom. The molecule has 136 valence electrons. The molecule has 0 saturated heterocycles. The van der Waals surface area contributed by atoms with Crippen molar-refractivity contribution in [2.24, 2.45) is 0 Å². The molecule has 0 bridgehead atoms. The molecule has 0 unspecified atom stereocenters. The Morgan fingerprint density at radius 3 is 2.63 bits per heavy atom. The molecule has 1 amide bonds.